The van der Waals surface area contributed by atoms with Crippen molar-refractivity contribution in [1.82, 2.24) is 10.6 Å². The van der Waals surface area contributed by atoms with Crippen molar-refractivity contribution in [3.63, 3.8) is 0 Å². The van der Waals surface area contributed by atoms with Gasteiger partial charge in [0, 0.05) is 22.3 Å². The molecule has 0 aliphatic carbocycles. The maximum Gasteiger partial charge on any atom is 0.446 e. The Morgan fingerprint density at radius 1 is 0.636 bits per heavy atom. The van der Waals surface area contributed by atoms with E-state index < -0.39 is 145 Å². The lowest BCUT2D eigenvalue weighted by atomic mass is 10.1. The summed E-state index contributed by atoms with van der Waals surface area (Å²) < 4.78 is 192. The molecule has 3 rings (SSSR count). The highest BCUT2D eigenvalue weighted by Crippen LogP contribution is 2.34. The van der Waals surface area contributed by atoms with E-state index >= 15 is 0 Å². The molecule has 2 atom stereocenters. The number of Topliss-reactive ketones (excluding diaryl/α,β-unsaturated/α-hetero) is 2. The molecule has 0 fully saturated rings. The van der Waals surface area contributed by atoms with Crippen LogP contribution in [0.25, 0.3) is 0 Å². The monoisotopic (exact) mass is 990 g/mol. The summed E-state index contributed by atoms with van der Waals surface area (Å²) in [5.74, 6) is -19.3. The Morgan fingerprint density at radius 3 is 1.45 bits per heavy atom. The number of alkyl halides is 5. The van der Waals surface area contributed by atoms with Gasteiger partial charge in [0.05, 0.1) is 13.1 Å². The molecule has 0 bridgehead atoms. The molecule has 0 heterocycles. The molecule has 2 N–H and O–H groups in total. The van der Waals surface area contributed by atoms with Crippen LogP contribution in [0.5, 0.6) is 0 Å². The standard InChI is InChI=1S/C22H16F7NO7S.C17H19F2NO7S/c1-10(2)21(33)36-9-8-30-20(32)12-13(23)15(25)18(16(26)14(12)24)38(34,35)37-19(22(27,28)29)17(31)11-6-4-3-5-7-11;1-11(2)15(22)26-10-9-20-16(23)17(18,19)28(24,25)27-12(3)14(21)13-7-5-4-6-8-13/h3-7,19H,1,8-9H2,2H3,(H,30,32);4-8,12H,1,9-10H2,2-3H3,(H,20,23). The van der Waals surface area contributed by atoms with Gasteiger partial charge < -0.3 is 20.1 Å². The first-order valence-electron chi connectivity index (χ1n) is 18.0. The summed E-state index contributed by atoms with van der Waals surface area (Å²) in [6, 6.07) is 12.5. The van der Waals surface area contributed by atoms with E-state index in [1.54, 1.807) is 16.7 Å². The van der Waals surface area contributed by atoms with Gasteiger partial charge in [0.1, 0.15) is 24.9 Å². The van der Waals surface area contributed by atoms with E-state index in [9.17, 15) is 85.1 Å². The molecular weight excluding hydrogens is 956 g/mol. The lowest BCUT2D eigenvalue weighted by Crippen LogP contribution is -2.48. The zero-order valence-corrected chi connectivity index (χ0v) is 35.7. The van der Waals surface area contributed by atoms with Gasteiger partial charge in [0.15, 0.2) is 33.9 Å². The second-order valence-electron chi connectivity index (χ2n) is 12.9. The van der Waals surface area contributed by atoms with E-state index in [2.05, 4.69) is 31.0 Å². The molecule has 0 saturated carbocycles. The molecule has 0 aliphatic heterocycles. The Morgan fingerprint density at radius 2 is 1.05 bits per heavy atom. The number of nitrogens with one attached hydrogen (secondary N) is 2. The van der Waals surface area contributed by atoms with Crippen LogP contribution < -0.4 is 10.6 Å². The van der Waals surface area contributed by atoms with E-state index in [-0.39, 0.29) is 16.7 Å². The smallest absolute Gasteiger partial charge is 0.446 e. The lowest BCUT2D eigenvalue weighted by Gasteiger charge is -2.20. The Labute approximate surface area is 369 Å². The highest BCUT2D eigenvalue weighted by Gasteiger charge is 2.55. The van der Waals surface area contributed by atoms with Crippen LogP contribution >= 0.6 is 0 Å². The molecule has 0 aliphatic rings. The number of esters is 2. The molecular formula is C39H35F9N2O14S2. The zero-order chi connectivity index (χ0) is 50.5. The molecule has 0 radical (unpaired) electrons. The van der Waals surface area contributed by atoms with Gasteiger partial charge in [0.25, 0.3) is 5.91 Å². The molecule has 66 heavy (non-hydrogen) atoms. The molecule has 2 unspecified atom stereocenters. The van der Waals surface area contributed by atoms with Gasteiger partial charge in [-0.1, -0.05) is 73.8 Å². The summed E-state index contributed by atoms with van der Waals surface area (Å²) in [6.07, 6.45) is -11.4. The third-order valence-electron chi connectivity index (χ3n) is 7.73. The first-order valence-corrected chi connectivity index (χ1v) is 20.8. The third-order valence-corrected chi connectivity index (χ3v) is 10.4. The van der Waals surface area contributed by atoms with Gasteiger partial charge in [-0.15, -0.1) is 0 Å². The molecule has 360 valence electrons. The summed E-state index contributed by atoms with van der Waals surface area (Å²) in [4.78, 5) is 67.6. The quantitative estimate of drug-likeness (QED) is 0.0287. The summed E-state index contributed by atoms with van der Waals surface area (Å²) in [5.41, 5.74) is -2.60. The number of hydrogen-bond donors (Lipinski definition) is 2. The number of carbonyl (C=O) groups excluding carboxylic acids is 6. The number of hydrogen-bond acceptors (Lipinski definition) is 14. The van der Waals surface area contributed by atoms with Gasteiger partial charge in [-0.25, -0.2) is 31.3 Å². The Balaban J connectivity index is 0.000000476. The topological polar surface area (TPSA) is 232 Å². The fourth-order valence-electron chi connectivity index (χ4n) is 4.50. The summed E-state index contributed by atoms with van der Waals surface area (Å²) in [6.45, 7) is 7.93. The van der Waals surface area contributed by atoms with E-state index in [0.717, 1.165) is 31.2 Å². The number of rotatable bonds is 20. The Hall–Kier alpha value is -6.45. The van der Waals surface area contributed by atoms with E-state index in [1.807, 2.05) is 0 Å². The van der Waals surface area contributed by atoms with Crippen molar-refractivity contribution in [3.8, 4) is 0 Å². The molecule has 16 nitrogen and oxygen atoms in total. The van der Waals surface area contributed by atoms with Gasteiger partial charge in [-0.05, 0) is 20.8 Å². The van der Waals surface area contributed by atoms with E-state index in [0.29, 0.717) is 0 Å². The molecule has 27 heteroatoms. The minimum absolute atomic E-state index is 0.0326. The molecule has 0 saturated heterocycles. The average Bonchev–Trinajstić information content (AvgIpc) is 3.24. The lowest BCUT2D eigenvalue weighted by molar-refractivity contribution is -0.178. The Kier molecular flexibility index (Phi) is 19.5. The summed E-state index contributed by atoms with van der Waals surface area (Å²) in [5, 5.41) is -1.60. The van der Waals surface area contributed by atoms with Crippen LogP contribution in [0.4, 0.5) is 39.5 Å². The SMILES string of the molecule is C=C(C)C(=O)OCCNC(=O)C(F)(F)S(=O)(=O)OC(C)C(=O)c1ccccc1.C=C(C)C(=O)OCCNC(=O)c1c(F)c(F)c(S(=O)(=O)OC(C(=O)c2ccccc2)C(F)(F)F)c(F)c1F. The Bertz CT molecular complexity index is 2550. The number of halogens is 9. The predicted molar refractivity (Wildman–Crippen MR) is 207 cm³/mol. The normalized spacial score (nSPS) is 12.6. The van der Waals surface area contributed by atoms with Crippen molar-refractivity contribution in [2.45, 2.75) is 49.3 Å². The fourth-order valence-corrected chi connectivity index (χ4v) is 6.56. The molecule has 2 amide bonds. The highest BCUT2D eigenvalue weighted by molar-refractivity contribution is 7.88. The predicted octanol–water partition coefficient (Wildman–Crippen LogP) is 5.04. The van der Waals surface area contributed by atoms with Crippen molar-refractivity contribution in [2.75, 3.05) is 26.3 Å². The first-order chi connectivity index (χ1) is 30.4. The minimum Gasteiger partial charge on any atom is -0.460 e. The van der Waals surface area contributed by atoms with Gasteiger partial charge >= 0.3 is 49.5 Å². The maximum absolute atomic E-state index is 14.5. The highest BCUT2D eigenvalue weighted by atomic mass is 32.2. The van der Waals surface area contributed by atoms with Crippen LogP contribution in [-0.4, -0.2) is 102 Å². The van der Waals surface area contributed by atoms with Crippen molar-refractivity contribution < 1.29 is 103 Å². The minimum atomic E-state index is -6.35. The second-order valence-corrected chi connectivity index (χ2v) is 16.1. The van der Waals surface area contributed by atoms with Crippen LogP contribution in [0.15, 0.2) is 89.9 Å². The number of ether oxygens (including phenoxy) is 2. The first kappa shape index (κ1) is 55.7. The fraction of sp³-hybridized carbons (Fsp3) is 0.282. The number of carbonyl (C=O) groups is 6. The van der Waals surface area contributed by atoms with Gasteiger partial charge in [-0.3, -0.25) is 23.4 Å². The van der Waals surface area contributed by atoms with Gasteiger partial charge in [-0.2, -0.15) is 38.8 Å². The summed E-state index contributed by atoms with van der Waals surface area (Å²) >= 11 is 0. The largest absolute Gasteiger partial charge is 0.460 e. The second kappa shape index (κ2) is 23.1. The van der Waals surface area contributed by atoms with Crippen LogP contribution in [0.1, 0.15) is 51.8 Å². The number of ketones is 2. The molecule has 0 spiro atoms. The van der Waals surface area contributed by atoms with Crippen molar-refractivity contribution >= 4 is 55.6 Å². The van der Waals surface area contributed by atoms with Crippen molar-refractivity contribution in [3.05, 3.63) is 125 Å². The molecule has 0 aromatic heterocycles. The van der Waals surface area contributed by atoms with Crippen molar-refractivity contribution in [1.29, 1.82) is 0 Å². The number of amides is 2. The zero-order valence-electron chi connectivity index (χ0n) is 34.1. The van der Waals surface area contributed by atoms with Crippen LogP contribution in [0.2, 0.25) is 0 Å². The van der Waals surface area contributed by atoms with Gasteiger partial charge in [0.2, 0.25) is 11.9 Å². The van der Waals surface area contributed by atoms with Crippen molar-refractivity contribution in [2.24, 2.45) is 0 Å². The van der Waals surface area contributed by atoms with Crippen LogP contribution in [0, 0.1) is 23.3 Å². The number of benzene rings is 3. The third kappa shape index (κ3) is 14.5. The van der Waals surface area contributed by atoms with E-state index in [4.69, 9.17) is 0 Å². The van der Waals surface area contributed by atoms with Crippen LogP contribution in [0.3, 0.4) is 0 Å². The maximum atomic E-state index is 14.5. The molecule has 3 aromatic carbocycles. The molecule has 3 aromatic rings. The average molecular weight is 991 g/mol. The summed E-state index contributed by atoms with van der Waals surface area (Å²) in [7, 11) is -12.1. The van der Waals surface area contributed by atoms with Crippen LogP contribution in [-0.2, 0) is 52.5 Å². The van der Waals surface area contributed by atoms with E-state index in [1.165, 1.54) is 44.2 Å².